The summed E-state index contributed by atoms with van der Waals surface area (Å²) in [4.78, 5) is 24.5. The Morgan fingerprint density at radius 2 is 1.46 bits per heavy atom. The molecule has 0 spiro atoms. The first-order chi connectivity index (χ1) is 13.6. The normalized spacial score (nSPS) is 10.2. The maximum Gasteiger partial charge on any atom is 0.273 e. The number of amides is 2. The molecule has 0 aliphatic carbocycles. The number of ether oxygens (including phenoxy) is 1. The summed E-state index contributed by atoms with van der Waals surface area (Å²) in [5.41, 5.74) is 6.98. The van der Waals surface area contributed by atoms with Crippen LogP contribution in [0.2, 0.25) is 5.02 Å². The Kier molecular flexibility index (Phi) is 6.65. The number of para-hydroxylation sites is 1. The number of benzene rings is 3. The second-order valence-corrected chi connectivity index (χ2v) is 6.51. The standard InChI is InChI=1S/C22H19ClN2O3/c23-18-12-10-17(11-13-18)15-28-20-9-5-4-8-19(20)22(27)25-24-21(26)14-16-6-2-1-3-7-16/h1-13H,14-15H2,(H,24,26)(H,25,27). The predicted octanol–water partition coefficient (Wildman–Crippen LogP) is 3.92. The van der Waals surface area contributed by atoms with Crippen LogP contribution in [0.4, 0.5) is 0 Å². The summed E-state index contributed by atoms with van der Waals surface area (Å²) in [5.74, 6) is -0.334. The number of hydrazine groups is 1. The fourth-order valence-electron chi connectivity index (χ4n) is 2.54. The molecule has 5 nitrogen and oxygen atoms in total. The number of hydrogen-bond donors (Lipinski definition) is 2. The molecule has 142 valence electrons. The van der Waals surface area contributed by atoms with Gasteiger partial charge in [-0.15, -0.1) is 0 Å². The van der Waals surface area contributed by atoms with Crippen molar-refractivity contribution in [1.82, 2.24) is 10.9 Å². The lowest BCUT2D eigenvalue weighted by atomic mass is 10.1. The van der Waals surface area contributed by atoms with Crippen LogP contribution >= 0.6 is 11.6 Å². The van der Waals surface area contributed by atoms with Crippen molar-refractivity contribution in [2.24, 2.45) is 0 Å². The van der Waals surface area contributed by atoms with Crippen LogP contribution in [0.25, 0.3) is 0 Å². The van der Waals surface area contributed by atoms with Crippen LogP contribution in [-0.4, -0.2) is 11.8 Å². The van der Waals surface area contributed by atoms with Crippen molar-refractivity contribution in [2.75, 3.05) is 0 Å². The minimum atomic E-state index is -0.451. The second kappa shape index (κ2) is 9.58. The van der Waals surface area contributed by atoms with Gasteiger partial charge in [-0.2, -0.15) is 0 Å². The van der Waals surface area contributed by atoms with E-state index in [1.165, 1.54) is 0 Å². The fourth-order valence-corrected chi connectivity index (χ4v) is 2.67. The number of rotatable bonds is 6. The van der Waals surface area contributed by atoms with Gasteiger partial charge < -0.3 is 4.74 Å². The maximum atomic E-state index is 12.5. The van der Waals surface area contributed by atoms with Gasteiger partial charge in [-0.3, -0.25) is 20.4 Å². The molecule has 3 aromatic rings. The van der Waals surface area contributed by atoms with E-state index in [2.05, 4.69) is 10.9 Å². The number of nitrogens with one attached hydrogen (secondary N) is 2. The van der Waals surface area contributed by atoms with E-state index in [0.717, 1.165) is 11.1 Å². The Morgan fingerprint density at radius 1 is 0.786 bits per heavy atom. The van der Waals surface area contributed by atoms with Gasteiger partial charge in [0.25, 0.3) is 5.91 Å². The van der Waals surface area contributed by atoms with E-state index in [1.807, 2.05) is 42.5 Å². The number of halogens is 1. The first-order valence-electron chi connectivity index (χ1n) is 8.71. The van der Waals surface area contributed by atoms with Crippen LogP contribution in [0.3, 0.4) is 0 Å². The molecule has 0 heterocycles. The van der Waals surface area contributed by atoms with E-state index in [0.29, 0.717) is 22.9 Å². The Labute approximate surface area is 168 Å². The van der Waals surface area contributed by atoms with E-state index >= 15 is 0 Å². The SMILES string of the molecule is O=C(Cc1ccccc1)NNC(=O)c1ccccc1OCc1ccc(Cl)cc1. The number of carbonyl (C=O) groups excluding carboxylic acids is 2. The smallest absolute Gasteiger partial charge is 0.273 e. The highest BCUT2D eigenvalue weighted by molar-refractivity contribution is 6.30. The molecule has 0 fully saturated rings. The average Bonchev–Trinajstić information content (AvgIpc) is 2.72. The quantitative estimate of drug-likeness (QED) is 0.622. The van der Waals surface area contributed by atoms with Gasteiger partial charge >= 0.3 is 0 Å². The first-order valence-corrected chi connectivity index (χ1v) is 9.09. The number of hydrogen-bond acceptors (Lipinski definition) is 3. The van der Waals surface area contributed by atoms with Crippen LogP contribution < -0.4 is 15.6 Å². The zero-order chi connectivity index (χ0) is 19.8. The molecule has 3 aromatic carbocycles. The van der Waals surface area contributed by atoms with E-state index in [1.54, 1.807) is 36.4 Å². The van der Waals surface area contributed by atoms with Gasteiger partial charge in [-0.1, -0.05) is 66.2 Å². The zero-order valence-electron chi connectivity index (χ0n) is 15.0. The summed E-state index contributed by atoms with van der Waals surface area (Å²) in [6.07, 6.45) is 0.176. The molecule has 28 heavy (non-hydrogen) atoms. The summed E-state index contributed by atoms with van der Waals surface area (Å²) in [7, 11) is 0. The monoisotopic (exact) mass is 394 g/mol. The highest BCUT2D eigenvalue weighted by Crippen LogP contribution is 2.19. The topological polar surface area (TPSA) is 67.4 Å². The minimum Gasteiger partial charge on any atom is -0.488 e. The van der Waals surface area contributed by atoms with Gasteiger partial charge in [0.2, 0.25) is 5.91 Å². The highest BCUT2D eigenvalue weighted by atomic mass is 35.5. The third-order valence-corrected chi connectivity index (χ3v) is 4.21. The van der Waals surface area contributed by atoms with Gasteiger partial charge in [0, 0.05) is 5.02 Å². The van der Waals surface area contributed by atoms with Crippen LogP contribution in [0.1, 0.15) is 21.5 Å². The molecule has 3 rings (SSSR count). The average molecular weight is 395 g/mol. The van der Waals surface area contributed by atoms with Gasteiger partial charge in [0.05, 0.1) is 12.0 Å². The molecular weight excluding hydrogens is 376 g/mol. The molecule has 0 radical (unpaired) electrons. The Balaban J connectivity index is 1.57. The molecule has 2 N–H and O–H groups in total. The summed E-state index contributed by atoms with van der Waals surface area (Å²) < 4.78 is 5.77. The van der Waals surface area contributed by atoms with Crippen molar-refractivity contribution in [3.05, 3.63) is 101 Å². The third kappa shape index (κ3) is 5.59. The highest BCUT2D eigenvalue weighted by Gasteiger charge is 2.13. The van der Waals surface area contributed by atoms with Gasteiger partial charge in [-0.05, 0) is 35.4 Å². The molecule has 0 aliphatic rings. The summed E-state index contributed by atoms with van der Waals surface area (Å²) in [6.45, 7) is 0.293. The van der Waals surface area contributed by atoms with E-state index < -0.39 is 5.91 Å². The molecule has 0 atom stereocenters. The van der Waals surface area contributed by atoms with E-state index in [4.69, 9.17) is 16.3 Å². The predicted molar refractivity (Wildman–Crippen MR) is 108 cm³/mol. The van der Waals surface area contributed by atoms with E-state index in [9.17, 15) is 9.59 Å². The van der Waals surface area contributed by atoms with Crippen molar-refractivity contribution < 1.29 is 14.3 Å². The molecule has 0 aromatic heterocycles. The molecular formula is C22H19ClN2O3. The first kappa shape index (κ1) is 19.5. The lowest BCUT2D eigenvalue weighted by molar-refractivity contribution is -0.121. The van der Waals surface area contributed by atoms with Crippen molar-refractivity contribution in [2.45, 2.75) is 13.0 Å². The third-order valence-electron chi connectivity index (χ3n) is 3.96. The van der Waals surface area contributed by atoms with Crippen LogP contribution in [-0.2, 0) is 17.8 Å². The van der Waals surface area contributed by atoms with E-state index in [-0.39, 0.29) is 12.3 Å². The van der Waals surface area contributed by atoms with Crippen molar-refractivity contribution in [3.63, 3.8) is 0 Å². The molecule has 6 heteroatoms. The zero-order valence-corrected chi connectivity index (χ0v) is 15.8. The van der Waals surface area contributed by atoms with Crippen molar-refractivity contribution >= 4 is 23.4 Å². The Bertz CT molecular complexity index is 944. The van der Waals surface area contributed by atoms with Gasteiger partial charge in [0.1, 0.15) is 12.4 Å². The Hall–Kier alpha value is -3.31. The van der Waals surface area contributed by atoms with Crippen LogP contribution in [0.15, 0.2) is 78.9 Å². The summed E-state index contributed by atoms with van der Waals surface area (Å²) in [6, 6.07) is 23.4. The summed E-state index contributed by atoms with van der Waals surface area (Å²) in [5, 5.41) is 0.648. The maximum absolute atomic E-state index is 12.5. The summed E-state index contributed by atoms with van der Waals surface area (Å²) >= 11 is 5.88. The van der Waals surface area contributed by atoms with Gasteiger partial charge in [-0.25, -0.2) is 0 Å². The number of carbonyl (C=O) groups is 2. The molecule has 0 bridgehead atoms. The lowest BCUT2D eigenvalue weighted by Crippen LogP contribution is -2.42. The fraction of sp³-hybridized carbons (Fsp3) is 0.0909. The second-order valence-electron chi connectivity index (χ2n) is 6.08. The van der Waals surface area contributed by atoms with Gasteiger partial charge in [0.15, 0.2) is 0 Å². The minimum absolute atomic E-state index is 0.176. The van der Waals surface area contributed by atoms with Crippen LogP contribution in [0.5, 0.6) is 5.75 Å². The lowest BCUT2D eigenvalue weighted by Gasteiger charge is -2.12. The molecule has 0 saturated heterocycles. The molecule has 0 aliphatic heterocycles. The van der Waals surface area contributed by atoms with Crippen LogP contribution in [0, 0.1) is 0 Å². The Morgan fingerprint density at radius 3 is 2.21 bits per heavy atom. The molecule has 0 unspecified atom stereocenters. The molecule has 0 saturated carbocycles. The largest absolute Gasteiger partial charge is 0.488 e. The molecule has 2 amide bonds. The van der Waals surface area contributed by atoms with Crippen molar-refractivity contribution in [1.29, 1.82) is 0 Å². The van der Waals surface area contributed by atoms with Crippen molar-refractivity contribution in [3.8, 4) is 5.75 Å².